The van der Waals surface area contributed by atoms with Gasteiger partial charge in [0.05, 0.1) is 46.6 Å². The van der Waals surface area contributed by atoms with Gasteiger partial charge in [-0.15, -0.1) is 0 Å². The summed E-state index contributed by atoms with van der Waals surface area (Å²) in [5.41, 5.74) is 6.32. The van der Waals surface area contributed by atoms with Gasteiger partial charge >= 0.3 is 0 Å². The maximum atomic E-state index is 6.20. The van der Waals surface area contributed by atoms with Crippen LogP contribution in [0.2, 0.25) is 5.02 Å². The minimum atomic E-state index is 0.0407. The Morgan fingerprint density at radius 3 is 1.88 bits per heavy atom. The molecule has 15 heteroatoms. The molecular formula is C44H34ClN5O8S. The average Bonchev–Trinajstić information content (AvgIpc) is 4.11. The lowest BCUT2D eigenvalue weighted by molar-refractivity contribution is 0.229. The molecule has 59 heavy (non-hydrogen) atoms. The fourth-order valence-electron chi connectivity index (χ4n) is 6.96. The molecule has 4 aromatic heterocycles. The molecule has 0 bridgehead atoms. The molecule has 0 spiro atoms. The van der Waals surface area contributed by atoms with Gasteiger partial charge in [0.1, 0.15) is 18.0 Å². The van der Waals surface area contributed by atoms with Gasteiger partial charge in [0, 0.05) is 61.7 Å². The number of methoxy groups -OCH3 is 5. The van der Waals surface area contributed by atoms with Gasteiger partial charge in [-0.25, -0.2) is 0 Å². The van der Waals surface area contributed by atoms with Gasteiger partial charge in [0.2, 0.25) is 16.6 Å². The summed E-state index contributed by atoms with van der Waals surface area (Å²) >= 11 is 7.46. The summed E-state index contributed by atoms with van der Waals surface area (Å²) in [7, 11) is 7.78. The van der Waals surface area contributed by atoms with Crippen molar-refractivity contribution in [1.29, 1.82) is 0 Å². The zero-order valence-electron chi connectivity index (χ0n) is 32.3. The molecule has 0 aliphatic heterocycles. The second-order valence-corrected chi connectivity index (χ2v) is 14.3. The van der Waals surface area contributed by atoms with Gasteiger partial charge in [-0.05, 0) is 72.8 Å². The van der Waals surface area contributed by atoms with Crippen molar-refractivity contribution >= 4 is 44.9 Å². The van der Waals surface area contributed by atoms with Crippen molar-refractivity contribution in [3.63, 3.8) is 0 Å². The second-order valence-electron chi connectivity index (χ2n) is 13.2. The Morgan fingerprint density at radius 2 is 1.20 bits per heavy atom. The number of rotatable bonds is 13. The van der Waals surface area contributed by atoms with Gasteiger partial charge in [-0.2, -0.15) is 9.36 Å². The maximum Gasteiger partial charge on any atom is 0.214 e. The molecule has 296 valence electrons. The molecule has 0 atom stereocenters. The fourth-order valence-corrected chi connectivity index (χ4v) is 7.81. The van der Waals surface area contributed by atoms with E-state index >= 15 is 0 Å². The van der Waals surface area contributed by atoms with Crippen molar-refractivity contribution in [2.24, 2.45) is 0 Å². The summed E-state index contributed by atoms with van der Waals surface area (Å²) in [5.74, 6) is 4.41. The van der Waals surface area contributed by atoms with Gasteiger partial charge in [-0.3, -0.25) is 4.57 Å². The first-order valence-electron chi connectivity index (χ1n) is 18.1. The summed E-state index contributed by atoms with van der Waals surface area (Å²) in [4.78, 5) is 4.91. The van der Waals surface area contributed by atoms with E-state index in [1.807, 2.05) is 60.7 Å². The Hall–Kier alpha value is -7.03. The largest absolute Gasteiger partial charge is 0.493 e. The monoisotopic (exact) mass is 827 g/mol. The van der Waals surface area contributed by atoms with Crippen molar-refractivity contribution in [1.82, 2.24) is 24.2 Å². The van der Waals surface area contributed by atoms with Gasteiger partial charge in [-0.1, -0.05) is 40.1 Å². The maximum absolute atomic E-state index is 6.20. The lowest BCUT2D eigenvalue weighted by atomic mass is 10.1. The first-order chi connectivity index (χ1) is 28.9. The van der Waals surface area contributed by atoms with E-state index in [1.165, 1.54) is 11.5 Å². The molecule has 0 unspecified atom stereocenters. The molecule has 0 aliphatic rings. The summed E-state index contributed by atoms with van der Waals surface area (Å²) in [6.45, 7) is 0.0407. The first-order valence-corrected chi connectivity index (χ1v) is 19.3. The molecule has 0 N–H and O–H groups in total. The topological polar surface area (TPSA) is 138 Å². The Morgan fingerprint density at radius 1 is 0.593 bits per heavy atom. The molecule has 9 rings (SSSR count). The number of hydrogen-bond acceptors (Lipinski definition) is 13. The Labute approximate surface area is 346 Å². The lowest BCUT2D eigenvalue weighted by Crippen LogP contribution is -2.00. The Bertz CT molecular complexity index is 2920. The third-order valence-electron chi connectivity index (χ3n) is 9.81. The van der Waals surface area contributed by atoms with E-state index < -0.39 is 0 Å². The smallest absolute Gasteiger partial charge is 0.214 e. The number of aromatic nitrogens is 5. The number of nitrogens with zero attached hydrogens (tertiary/aromatic N) is 5. The first kappa shape index (κ1) is 37.5. The number of hydrogen-bond donors (Lipinski definition) is 0. The van der Waals surface area contributed by atoms with Gasteiger partial charge in [0.25, 0.3) is 0 Å². The highest BCUT2D eigenvalue weighted by atomic mass is 35.5. The zero-order chi connectivity index (χ0) is 40.6. The third-order valence-corrected chi connectivity index (χ3v) is 10.8. The summed E-state index contributed by atoms with van der Waals surface area (Å²) < 4.78 is 52.5. The molecule has 4 heterocycles. The van der Waals surface area contributed by atoms with Crippen molar-refractivity contribution in [2.45, 2.75) is 6.61 Å². The normalized spacial score (nSPS) is 11.3. The predicted molar refractivity (Wildman–Crippen MR) is 225 cm³/mol. The average molecular weight is 828 g/mol. The minimum absolute atomic E-state index is 0.0407. The molecule has 0 saturated carbocycles. The predicted octanol–water partition coefficient (Wildman–Crippen LogP) is 10.6. The van der Waals surface area contributed by atoms with Crippen LogP contribution in [0.1, 0.15) is 5.76 Å². The highest BCUT2D eigenvalue weighted by molar-refractivity contribution is 7.08. The van der Waals surface area contributed by atoms with E-state index in [0.29, 0.717) is 79.4 Å². The van der Waals surface area contributed by atoms with Crippen LogP contribution < -0.4 is 28.4 Å². The van der Waals surface area contributed by atoms with E-state index in [0.717, 1.165) is 38.1 Å². The van der Waals surface area contributed by atoms with Crippen LogP contribution in [0.15, 0.2) is 112 Å². The number of ether oxygens (including phenoxy) is 6. The number of halogens is 1. The van der Waals surface area contributed by atoms with Gasteiger partial charge in [0.15, 0.2) is 40.3 Å². The summed E-state index contributed by atoms with van der Waals surface area (Å²) in [5, 5.41) is 12.2. The molecule has 0 amide bonds. The molecule has 13 nitrogen and oxygen atoms in total. The van der Waals surface area contributed by atoms with Crippen LogP contribution in [0.5, 0.6) is 34.5 Å². The standard InChI is InChI=1S/C44H34ClN5O8S/c1-51-37-17-26(18-38(52-2)41(37)55-5)32-21-29(57-47-32)23-56-42-39(53-3)19-27(20-40(42)54-4)33-22-36(58-48-33)25-12-15-35-31(16-25)30-8-6-7-9-34(30)50(35)44-46-43(49-59-44)24-10-13-28(45)14-11-24/h6-22H,23H2,1-5H3. The lowest BCUT2D eigenvalue weighted by Gasteiger charge is -2.15. The molecule has 0 fully saturated rings. The zero-order valence-corrected chi connectivity index (χ0v) is 33.9. The van der Waals surface area contributed by atoms with Crippen molar-refractivity contribution in [3.8, 4) is 84.9 Å². The van der Waals surface area contributed by atoms with Crippen LogP contribution in [0.3, 0.4) is 0 Å². The summed E-state index contributed by atoms with van der Waals surface area (Å²) in [6, 6.07) is 32.8. The van der Waals surface area contributed by atoms with Crippen LogP contribution in [0, 0.1) is 0 Å². The van der Waals surface area contributed by atoms with Gasteiger partial charge < -0.3 is 37.5 Å². The van der Waals surface area contributed by atoms with Crippen molar-refractivity contribution < 1.29 is 37.5 Å². The molecule has 0 aliphatic carbocycles. The molecule has 0 radical (unpaired) electrons. The van der Waals surface area contributed by atoms with E-state index in [9.17, 15) is 0 Å². The third kappa shape index (κ3) is 6.91. The van der Waals surface area contributed by atoms with E-state index in [2.05, 4.69) is 43.5 Å². The van der Waals surface area contributed by atoms with Crippen LogP contribution in [-0.2, 0) is 6.61 Å². The second kappa shape index (κ2) is 15.7. The Balaban J connectivity index is 0.980. The SMILES string of the molecule is COc1cc(-c2cc(COc3c(OC)cc(-c4cc(-c5ccc6c(c5)c5ccccc5n6-c5nc(-c6ccc(Cl)cc6)ns5)on4)cc3OC)on2)cc(OC)c1OC. The fraction of sp³-hybridized carbons (Fsp3) is 0.136. The Kier molecular flexibility index (Phi) is 10.0. The number of para-hydroxylation sites is 1. The molecule has 5 aromatic carbocycles. The van der Waals surface area contributed by atoms with Crippen LogP contribution in [0.4, 0.5) is 0 Å². The number of benzene rings is 5. The number of fused-ring (bicyclic) bond motifs is 3. The molecule has 9 aromatic rings. The quantitative estimate of drug-likeness (QED) is 0.109. The minimum Gasteiger partial charge on any atom is -0.493 e. The van der Waals surface area contributed by atoms with E-state index in [1.54, 1.807) is 53.7 Å². The van der Waals surface area contributed by atoms with Crippen LogP contribution in [-0.4, -0.2) is 59.8 Å². The van der Waals surface area contributed by atoms with E-state index in [-0.39, 0.29) is 6.61 Å². The molecular weight excluding hydrogens is 794 g/mol. The summed E-state index contributed by atoms with van der Waals surface area (Å²) in [6.07, 6.45) is 0. The highest BCUT2D eigenvalue weighted by Gasteiger charge is 2.22. The highest BCUT2D eigenvalue weighted by Crippen LogP contribution is 2.44. The van der Waals surface area contributed by atoms with Crippen LogP contribution >= 0.6 is 23.1 Å². The van der Waals surface area contributed by atoms with Crippen molar-refractivity contribution in [3.05, 3.63) is 114 Å². The van der Waals surface area contributed by atoms with E-state index in [4.69, 9.17) is 54.1 Å². The molecule has 0 saturated heterocycles. The van der Waals surface area contributed by atoms with Crippen LogP contribution in [0.25, 0.3) is 72.2 Å². The van der Waals surface area contributed by atoms with Crippen molar-refractivity contribution in [2.75, 3.05) is 35.5 Å².